The molecule has 0 bridgehead atoms. The number of anilines is 1. The number of aromatic nitrogens is 5. The maximum absolute atomic E-state index is 13.3. The summed E-state index contributed by atoms with van der Waals surface area (Å²) in [5.41, 5.74) is 3.38. The molecular formula is C26H23N7O. The third-order valence-electron chi connectivity index (χ3n) is 6.18. The summed E-state index contributed by atoms with van der Waals surface area (Å²) >= 11 is 0. The van der Waals surface area contributed by atoms with Crippen molar-refractivity contribution >= 4 is 33.5 Å². The van der Waals surface area contributed by atoms with Crippen molar-refractivity contribution in [3.8, 4) is 11.3 Å². The zero-order chi connectivity index (χ0) is 22.9. The fourth-order valence-electron chi connectivity index (χ4n) is 4.42. The third-order valence-corrected chi connectivity index (χ3v) is 6.18. The summed E-state index contributed by atoms with van der Waals surface area (Å²) in [6, 6.07) is 15.4. The van der Waals surface area contributed by atoms with E-state index in [-0.39, 0.29) is 11.6 Å². The van der Waals surface area contributed by atoms with Crippen LogP contribution in [0.2, 0.25) is 0 Å². The maximum Gasteiger partial charge on any atom is 0.228 e. The molecule has 2 N–H and O–H groups in total. The van der Waals surface area contributed by atoms with Gasteiger partial charge < -0.3 is 15.2 Å². The van der Waals surface area contributed by atoms with Gasteiger partial charge in [0, 0.05) is 54.7 Å². The van der Waals surface area contributed by atoms with Crippen LogP contribution in [0.4, 0.5) is 5.82 Å². The number of benzene rings is 1. The molecule has 5 aromatic rings. The van der Waals surface area contributed by atoms with E-state index in [1.165, 1.54) is 0 Å². The number of hydrogen-bond acceptors (Lipinski definition) is 7. The van der Waals surface area contributed by atoms with Gasteiger partial charge in [-0.15, -0.1) is 0 Å². The number of H-pyrrole nitrogens is 1. The predicted molar refractivity (Wildman–Crippen MR) is 132 cm³/mol. The second kappa shape index (κ2) is 8.64. The van der Waals surface area contributed by atoms with Gasteiger partial charge in [0.25, 0.3) is 0 Å². The summed E-state index contributed by atoms with van der Waals surface area (Å²) in [6.07, 6.45) is 6.33. The highest BCUT2D eigenvalue weighted by atomic mass is 16.1. The lowest BCUT2D eigenvalue weighted by Gasteiger charge is -2.20. The molecule has 0 radical (unpaired) electrons. The molecule has 1 aliphatic rings. The fraction of sp³-hybridized carbons (Fsp3) is 0.192. The number of imidazole rings is 1. The number of pyridine rings is 3. The van der Waals surface area contributed by atoms with Crippen LogP contribution < -0.4 is 10.2 Å². The van der Waals surface area contributed by atoms with Crippen molar-refractivity contribution in [1.82, 2.24) is 30.2 Å². The molecular weight excluding hydrogens is 426 g/mol. The van der Waals surface area contributed by atoms with Crippen LogP contribution in [-0.2, 0) is 0 Å². The minimum atomic E-state index is -0.199. The zero-order valence-electron chi connectivity index (χ0n) is 18.5. The average Bonchev–Trinajstić information content (AvgIpc) is 3.13. The summed E-state index contributed by atoms with van der Waals surface area (Å²) < 4.78 is 0. The smallest absolute Gasteiger partial charge is 0.228 e. The first-order valence-electron chi connectivity index (χ1n) is 11.4. The molecule has 168 valence electrons. The van der Waals surface area contributed by atoms with Gasteiger partial charge >= 0.3 is 0 Å². The van der Waals surface area contributed by atoms with E-state index >= 15 is 0 Å². The molecule has 8 nitrogen and oxygen atoms in total. The van der Waals surface area contributed by atoms with Crippen LogP contribution in [0.3, 0.4) is 0 Å². The Morgan fingerprint density at radius 2 is 1.91 bits per heavy atom. The molecule has 0 amide bonds. The summed E-state index contributed by atoms with van der Waals surface area (Å²) in [7, 11) is 0. The van der Waals surface area contributed by atoms with Gasteiger partial charge in [-0.3, -0.25) is 14.8 Å². The number of carbonyl (C=O) groups excluding carboxylic acids is 1. The second-order valence-electron chi connectivity index (χ2n) is 8.38. The highest BCUT2D eigenvalue weighted by molar-refractivity contribution is 6.08. The molecule has 0 saturated carbocycles. The van der Waals surface area contributed by atoms with E-state index < -0.39 is 0 Å². The zero-order valence-corrected chi connectivity index (χ0v) is 18.5. The van der Waals surface area contributed by atoms with Crippen molar-refractivity contribution in [2.24, 2.45) is 0 Å². The van der Waals surface area contributed by atoms with Crippen LogP contribution >= 0.6 is 0 Å². The van der Waals surface area contributed by atoms with Crippen LogP contribution in [0.5, 0.6) is 0 Å². The molecule has 4 aromatic heterocycles. The minimum absolute atomic E-state index is 0.199. The Bertz CT molecular complexity index is 1500. The van der Waals surface area contributed by atoms with Crippen LogP contribution in [0.15, 0.2) is 67.1 Å². The monoisotopic (exact) mass is 449 g/mol. The van der Waals surface area contributed by atoms with Gasteiger partial charge in [0.15, 0.2) is 11.5 Å². The number of fused-ring (bicyclic) bond motifs is 2. The highest BCUT2D eigenvalue weighted by Gasteiger charge is 2.18. The van der Waals surface area contributed by atoms with E-state index in [1.54, 1.807) is 24.5 Å². The Morgan fingerprint density at radius 1 is 0.971 bits per heavy atom. The standard InChI is InChI=1S/C26H23N7O/c34-24(17-8-10-29-22(14-17)20-16-28-15-18-4-1-2-5-19(18)20)26-30-21-6-7-23(31-25(21)32-26)33-12-3-9-27-11-13-33/h1-2,4-8,10,14-16,27H,3,9,11-13H2,(H,30,31,32). The number of nitrogens with one attached hydrogen (secondary N) is 2. The van der Waals surface area contributed by atoms with E-state index in [4.69, 9.17) is 4.98 Å². The molecule has 0 unspecified atom stereocenters. The molecule has 1 saturated heterocycles. The van der Waals surface area contributed by atoms with Crippen molar-refractivity contribution in [3.63, 3.8) is 0 Å². The number of ketones is 1. The first-order chi connectivity index (χ1) is 16.8. The van der Waals surface area contributed by atoms with E-state index in [0.717, 1.165) is 60.3 Å². The molecule has 8 heteroatoms. The molecule has 1 fully saturated rings. The summed E-state index contributed by atoms with van der Waals surface area (Å²) in [4.78, 5) is 36.8. The molecule has 1 aliphatic heterocycles. The van der Waals surface area contributed by atoms with E-state index in [2.05, 4.69) is 30.2 Å². The molecule has 34 heavy (non-hydrogen) atoms. The van der Waals surface area contributed by atoms with E-state index in [9.17, 15) is 4.79 Å². The second-order valence-corrected chi connectivity index (χ2v) is 8.38. The molecule has 5 heterocycles. The quantitative estimate of drug-likeness (QED) is 0.405. The largest absolute Gasteiger partial charge is 0.355 e. The van der Waals surface area contributed by atoms with E-state index in [1.807, 2.05) is 42.6 Å². The van der Waals surface area contributed by atoms with Gasteiger partial charge in [-0.2, -0.15) is 0 Å². The first kappa shape index (κ1) is 20.4. The number of carbonyl (C=O) groups is 1. The maximum atomic E-state index is 13.3. The van der Waals surface area contributed by atoms with Gasteiger partial charge in [-0.25, -0.2) is 9.97 Å². The lowest BCUT2D eigenvalue weighted by Crippen LogP contribution is -2.28. The van der Waals surface area contributed by atoms with Gasteiger partial charge in [-0.05, 0) is 42.6 Å². The lowest BCUT2D eigenvalue weighted by molar-refractivity contribution is 0.103. The number of hydrogen-bond donors (Lipinski definition) is 2. The van der Waals surface area contributed by atoms with Gasteiger partial charge in [0.2, 0.25) is 5.78 Å². The topological polar surface area (TPSA) is 99.7 Å². The number of rotatable bonds is 4. The summed E-state index contributed by atoms with van der Waals surface area (Å²) in [5.74, 6) is 0.956. The van der Waals surface area contributed by atoms with Crippen molar-refractivity contribution in [1.29, 1.82) is 0 Å². The third kappa shape index (κ3) is 3.78. The molecule has 6 rings (SSSR count). The number of aromatic amines is 1. The molecule has 1 aromatic carbocycles. The predicted octanol–water partition coefficient (Wildman–Crippen LogP) is 3.60. The molecule has 0 spiro atoms. The Hall–Kier alpha value is -4.17. The van der Waals surface area contributed by atoms with Crippen molar-refractivity contribution < 1.29 is 4.79 Å². The minimum Gasteiger partial charge on any atom is -0.355 e. The van der Waals surface area contributed by atoms with Gasteiger partial charge in [0.05, 0.1) is 11.2 Å². The van der Waals surface area contributed by atoms with Crippen LogP contribution in [0.25, 0.3) is 33.2 Å². The SMILES string of the molecule is O=C(c1ccnc(-c2cncc3ccccc23)c1)c1nc2nc(N3CCCNCC3)ccc2[nH]1. The first-order valence-corrected chi connectivity index (χ1v) is 11.4. The van der Waals surface area contributed by atoms with E-state index in [0.29, 0.717) is 16.9 Å². The normalized spacial score (nSPS) is 14.4. The fourth-order valence-corrected chi connectivity index (χ4v) is 4.42. The molecule has 0 aliphatic carbocycles. The Kier molecular flexibility index (Phi) is 5.20. The Labute approximate surface area is 196 Å². The van der Waals surface area contributed by atoms with Crippen molar-refractivity contribution in [3.05, 3.63) is 78.5 Å². The van der Waals surface area contributed by atoms with Gasteiger partial charge in [-0.1, -0.05) is 24.3 Å². The van der Waals surface area contributed by atoms with Crippen molar-refractivity contribution in [2.45, 2.75) is 6.42 Å². The number of nitrogens with zero attached hydrogens (tertiary/aromatic N) is 5. The lowest BCUT2D eigenvalue weighted by atomic mass is 10.0. The van der Waals surface area contributed by atoms with Gasteiger partial charge in [0.1, 0.15) is 5.82 Å². The summed E-state index contributed by atoms with van der Waals surface area (Å²) in [6.45, 7) is 3.80. The Morgan fingerprint density at radius 3 is 2.88 bits per heavy atom. The van der Waals surface area contributed by atoms with Crippen LogP contribution in [0.1, 0.15) is 22.6 Å². The van der Waals surface area contributed by atoms with Crippen molar-refractivity contribution in [2.75, 3.05) is 31.1 Å². The van der Waals surface area contributed by atoms with Crippen LogP contribution in [0, 0.1) is 0 Å². The average molecular weight is 450 g/mol. The molecule has 0 atom stereocenters. The summed E-state index contributed by atoms with van der Waals surface area (Å²) in [5, 5.41) is 5.47. The Balaban J connectivity index is 1.33. The highest BCUT2D eigenvalue weighted by Crippen LogP contribution is 2.27. The van der Waals surface area contributed by atoms with Crippen LogP contribution in [-0.4, -0.2) is 56.9 Å².